The van der Waals surface area contributed by atoms with Gasteiger partial charge in [-0.15, -0.1) is 0 Å². The second kappa shape index (κ2) is 6.61. The first kappa shape index (κ1) is 13.2. The molecule has 5 heteroatoms. The summed E-state index contributed by atoms with van der Waals surface area (Å²) in [5, 5.41) is 5.61. The summed E-state index contributed by atoms with van der Waals surface area (Å²) in [5.74, 6) is 0.0336. The van der Waals surface area contributed by atoms with E-state index in [2.05, 4.69) is 10.6 Å². The maximum absolute atomic E-state index is 11.7. The molecule has 0 aromatic rings. The monoisotopic (exact) mass is 253 g/mol. The summed E-state index contributed by atoms with van der Waals surface area (Å²) in [5.41, 5.74) is 0. The summed E-state index contributed by atoms with van der Waals surface area (Å²) in [6.45, 7) is 1.80. The number of amides is 3. The van der Waals surface area contributed by atoms with Crippen molar-refractivity contribution in [1.29, 1.82) is 0 Å². The van der Waals surface area contributed by atoms with E-state index in [0.717, 1.165) is 38.8 Å². The fourth-order valence-electron chi connectivity index (χ4n) is 2.72. The van der Waals surface area contributed by atoms with E-state index in [1.807, 2.05) is 4.90 Å². The van der Waals surface area contributed by atoms with Gasteiger partial charge in [-0.05, 0) is 25.7 Å². The molecule has 0 aromatic carbocycles. The maximum Gasteiger partial charge on any atom is 0.315 e. The lowest BCUT2D eigenvalue weighted by Crippen LogP contribution is -2.46. The Morgan fingerprint density at radius 2 is 1.67 bits per heavy atom. The SMILES string of the molecule is O=C(NCC(=O)N1CCCC1)NC1CCCCC1. The summed E-state index contributed by atoms with van der Waals surface area (Å²) in [4.78, 5) is 25.2. The largest absolute Gasteiger partial charge is 0.341 e. The fraction of sp³-hybridized carbons (Fsp3) is 0.846. The lowest BCUT2D eigenvalue weighted by atomic mass is 9.96. The molecule has 0 atom stereocenters. The molecule has 1 aliphatic heterocycles. The van der Waals surface area contributed by atoms with Crippen molar-refractivity contribution in [3.63, 3.8) is 0 Å². The lowest BCUT2D eigenvalue weighted by molar-refractivity contribution is -0.128. The third-order valence-electron chi connectivity index (χ3n) is 3.80. The van der Waals surface area contributed by atoms with Crippen LogP contribution >= 0.6 is 0 Å². The topological polar surface area (TPSA) is 61.4 Å². The predicted octanol–water partition coefficient (Wildman–Crippen LogP) is 1.24. The smallest absolute Gasteiger partial charge is 0.315 e. The molecular weight excluding hydrogens is 230 g/mol. The van der Waals surface area contributed by atoms with E-state index in [0.29, 0.717) is 6.04 Å². The van der Waals surface area contributed by atoms with Gasteiger partial charge in [0.15, 0.2) is 0 Å². The Bertz CT molecular complexity index is 295. The van der Waals surface area contributed by atoms with Crippen molar-refractivity contribution in [3.05, 3.63) is 0 Å². The van der Waals surface area contributed by atoms with Gasteiger partial charge in [-0.1, -0.05) is 19.3 Å². The van der Waals surface area contributed by atoms with Gasteiger partial charge in [-0.25, -0.2) is 4.79 Å². The van der Waals surface area contributed by atoms with Gasteiger partial charge in [-0.3, -0.25) is 4.79 Å². The van der Waals surface area contributed by atoms with Gasteiger partial charge in [0.05, 0.1) is 6.54 Å². The molecule has 18 heavy (non-hydrogen) atoms. The van der Waals surface area contributed by atoms with Crippen molar-refractivity contribution in [2.24, 2.45) is 0 Å². The molecule has 0 spiro atoms. The molecular formula is C13H23N3O2. The molecule has 0 radical (unpaired) electrons. The molecule has 2 N–H and O–H groups in total. The Balaban J connectivity index is 1.63. The van der Waals surface area contributed by atoms with Gasteiger partial charge in [0.2, 0.25) is 5.91 Å². The van der Waals surface area contributed by atoms with Crippen LogP contribution in [-0.2, 0) is 4.79 Å². The molecule has 1 heterocycles. The number of hydrogen-bond donors (Lipinski definition) is 2. The number of hydrogen-bond acceptors (Lipinski definition) is 2. The van der Waals surface area contributed by atoms with Crippen LogP contribution in [0.1, 0.15) is 44.9 Å². The lowest BCUT2D eigenvalue weighted by Gasteiger charge is -2.23. The van der Waals surface area contributed by atoms with E-state index in [-0.39, 0.29) is 18.5 Å². The fourth-order valence-corrected chi connectivity index (χ4v) is 2.72. The first-order chi connectivity index (χ1) is 8.75. The zero-order chi connectivity index (χ0) is 12.8. The molecule has 2 rings (SSSR count). The molecule has 0 aromatic heterocycles. The van der Waals surface area contributed by atoms with E-state index in [1.165, 1.54) is 19.3 Å². The van der Waals surface area contributed by atoms with Gasteiger partial charge in [0.1, 0.15) is 0 Å². The van der Waals surface area contributed by atoms with E-state index >= 15 is 0 Å². The van der Waals surface area contributed by atoms with E-state index in [4.69, 9.17) is 0 Å². The average molecular weight is 253 g/mol. The molecule has 1 aliphatic carbocycles. The highest BCUT2D eigenvalue weighted by Gasteiger charge is 2.19. The van der Waals surface area contributed by atoms with Crippen LogP contribution in [0.25, 0.3) is 0 Å². The number of nitrogens with one attached hydrogen (secondary N) is 2. The molecule has 2 aliphatic rings. The van der Waals surface area contributed by atoms with Gasteiger partial charge in [0.25, 0.3) is 0 Å². The van der Waals surface area contributed by atoms with Crippen molar-refractivity contribution in [3.8, 4) is 0 Å². The number of urea groups is 1. The van der Waals surface area contributed by atoms with E-state index in [9.17, 15) is 9.59 Å². The van der Waals surface area contributed by atoms with Crippen LogP contribution in [0.4, 0.5) is 4.79 Å². The minimum Gasteiger partial charge on any atom is -0.341 e. The van der Waals surface area contributed by atoms with Crippen LogP contribution in [0.3, 0.4) is 0 Å². The Morgan fingerprint density at radius 3 is 2.33 bits per heavy atom. The van der Waals surface area contributed by atoms with Crippen LogP contribution < -0.4 is 10.6 Å². The Labute approximate surface area is 108 Å². The number of likely N-dealkylation sites (tertiary alicyclic amines) is 1. The van der Waals surface area contributed by atoms with E-state index in [1.54, 1.807) is 0 Å². The number of nitrogens with zero attached hydrogens (tertiary/aromatic N) is 1. The number of carbonyl (C=O) groups is 2. The standard InChI is InChI=1S/C13H23N3O2/c17-12(16-8-4-5-9-16)10-14-13(18)15-11-6-2-1-3-7-11/h11H,1-10H2,(H2,14,15,18). The van der Waals surface area contributed by atoms with Crippen molar-refractivity contribution in [2.75, 3.05) is 19.6 Å². The third-order valence-corrected chi connectivity index (χ3v) is 3.80. The van der Waals surface area contributed by atoms with Gasteiger partial charge < -0.3 is 15.5 Å². The summed E-state index contributed by atoms with van der Waals surface area (Å²) in [7, 11) is 0. The van der Waals surface area contributed by atoms with Crippen molar-refractivity contribution < 1.29 is 9.59 Å². The molecule has 0 bridgehead atoms. The molecule has 3 amide bonds. The zero-order valence-electron chi connectivity index (χ0n) is 10.9. The summed E-state index contributed by atoms with van der Waals surface area (Å²) < 4.78 is 0. The number of rotatable bonds is 3. The first-order valence-electron chi connectivity index (χ1n) is 7.08. The minimum atomic E-state index is -0.200. The van der Waals surface area contributed by atoms with Crippen LogP contribution in [-0.4, -0.2) is 42.5 Å². The summed E-state index contributed by atoms with van der Waals surface area (Å²) in [6, 6.07) is 0.0927. The van der Waals surface area contributed by atoms with Gasteiger partial charge in [0, 0.05) is 19.1 Å². The highest BCUT2D eigenvalue weighted by atomic mass is 16.2. The second-order valence-electron chi connectivity index (χ2n) is 5.25. The van der Waals surface area contributed by atoms with Crippen LogP contribution in [0.5, 0.6) is 0 Å². The molecule has 1 saturated heterocycles. The minimum absolute atomic E-state index is 0.0336. The Hall–Kier alpha value is -1.26. The molecule has 5 nitrogen and oxygen atoms in total. The van der Waals surface area contributed by atoms with Crippen LogP contribution in [0.15, 0.2) is 0 Å². The quantitative estimate of drug-likeness (QED) is 0.795. The molecule has 0 unspecified atom stereocenters. The highest BCUT2D eigenvalue weighted by Crippen LogP contribution is 2.17. The zero-order valence-corrected chi connectivity index (χ0v) is 10.9. The number of carbonyl (C=O) groups excluding carboxylic acids is 2. The molecule has 1 saturated carbocycles. The van der Waals surface area contributed by atoms with Crippen LogP contribution in [0, 0.1) is 0 Å². The summed E-state index contributed by atoms with van der Waals surface area (Å²) in [6.07, 6.45) is 7.95. The normalized spacial score (nSPS) is 20.8. The molecule has 102 valence electrons. The van der Waals surface area contributed by atoms with Crippen LogP contribution in [0.2, 0.25) is 0 Å². The maximum atomic E-state index is 11.7. The highest BCUT2D eigenvalue weighted by molar-refractivity contribution is 5.84. The second-order valence-corrected chi connectivity index (χ2v) is 5.25. The third kappa shape index (κ3) is 3.89. The predicted molar refractivity (Wildman–Crippen MR) is 69.2 cm³/mol. The first-order valence-corrected chi connectivity index (χ1v) is 7.08. The molecule has 2 fully saturated rings. The van der Waals surface area contributed by atoms with Crippen molar-refractivity contribution in [1.82, 2.24) is 15.5 Å². The van der Waals surface area contributed by atoms with Crippen molar-refractivity contribution in [2.45, 2.75) is 51.0 Å². The van der Waals surface area contributed by atoms with Gasteiger partial charge in [-0.2, -0.15) is 0 Å². The summed E-state index contributed by atoms with van der Waals surface area (Å²) >= 11 is 0. The average Bonchev–Trinajstić information content (AvgIpc) is 2.91. The van der Waals surface area contributed by atoms with E-state index < -0.39 is 0 Å². The van der Waals surface area contributed by atoms with Gasteiger partial charge >= 0.3 is 6.03 Å². The Kier molecular flexibility index (Phi) is 4.84. The van der Waals surface area contributed by atoms with Crippen molar-refractivity contribution >= 4 is 11.9 Å². The Morgan fingerprint density at radius 1 is 1.00 bits per heavy atom.